The summed E-state index contributed by atoms with van der Waals surface area (Å²) in [5.74, 6) is -0.641. The van der Waals surface area contributed by atoms with Crippen LogP contribution in [0.4, 0.5) is 0 Å². The highest BCUT2D eigenvalue weighted by atomic mass is 31.1. The van der Waals surface area contributed by atoms with E-state index >= 15 is 0 Å². The summed E-state index contributed by atoms with van der Waals surface area (Å²) in [4.78, 5) is 22.4. The number of nitrogens with zero attached hydrogens (tertiary/aromatic N) is 2. The van der Waals surface area contributed by atoms with Gasteiger partial charge < -0.3 is 19.7 Å². The predicted octanol–water partition coefficient (Wildman–Crippen LogP) is 3.21. The molecule has 0 aliphatic carbocycles. The van der Waals surface area contributed by atoms with Crippen molar-refractivity contribution in [1.82, 2.24) is 10.6 Å². The van der Waals surface area contributed by atoms with Gasteiger partial charge in [-0.3, -0.25) is 14.2 Å². The number of nitriles is 2. The topological polar surface area (TPSA) is 141 Å². The van der Waals surface area contributed by atoms with E-state index in [1.807, 2.05) is 12.1 Å². The van der Waals surface area contributed by atoms with Gasteiger partial charge in [0.25, 0.3) is 0 Å². The number of hydrogen-bond donors (Lipinski definition) is 2. The number of carbonyl (C=O) groups excluding carboxylic acids is 2. The molecule has 0 saturated carbocycles. The van der Waals surface area contributed by atoms with Crippen molar-refractivity contribution in [1.29, 1.82) is 10.5 Å². The number of rotatable bonds is 10. The fourth-order valence-electron chi connectivity index (χ4n) is 2.84. The molecule has 2 N–H and O–H groups in total. The molecular formula is C22H23N4O5P. The molecule has 32 heavy (non-hydrogen) atoms. The van der Waals surface area contributed by atoms with Gasteiger partial charge >= 0.3 is 8.25 Å². The van der Waals surface area contributed by atoms with Gasteiger partial charge in [-0.1, -0.05) is 48.5 Å². The Hall–Kier alpha value is -3.49. The summed E-state index contributed by atoms with van der Waals surface area (Å²) in [5, 5.41) is 23.5. The lowest BCUT2D eigenvalue weighted by Crippen LogP contribution is -2.24. The zero-order valence-corrected chi connectivity index (χ0v) is 18.6. The van der Waals surface area contributed by atoms with Gasteiger partial charge in [-0.05, 0) is 22.3 Å². The lowest BCUT2D eigenvalue weighted by atomic mass is 10.1. The van der Waals surface area contributed by atoms with Crippen LogP contribution >= 0.6 is 8.25 Å². The van der Waals surface area contributed by atoms with E-state index < -0.39 is 20.3 Å². The fourth-order valence-corrected chi connectivity index (χ4v) is 3.49. The van der Waals surface area contributed by atoms with Crippen LogP contribution in [0.15, 0.2) is 48.5 Å². The minimum Gasteiger partial charge on any atom is -0.337 e. The average molecular weight is 454 g/mol. The van der Waals surface area contributed by atoms with E-state index in [1.54, 1.807) is 48.5 Å². The van der Waals surface area contributed by atoms with E-state index in [9.17, 15) is 24.7 Å². The maximum atomic E-state index is 12.2. The molecule has 0 aliphatic heterocycles. The standard InChI is InChI=1S/C22H23N4O5P/c1-15(27)25-21(11-23)19-7-3-5-17(9-19)13-30-32(29)31-14-18-6-4-8-20(10-18)22(12-24)26-16(2)28/h3-10,21-22,32H,13-14H2,1-2H3,(H,25,27)(H,26,28). The molecule has 166 valence electrons. The molecule has 0 spiro atoms. The van der Waals surface area contributed by atoms with Crippen LogP contribution in [-0.4, -0.2) is 11.8 Å². The second-order valence-corrected chi connectivity index (χ2v) is 7.92. The van der Waals surface area contributed by atoms with Crippen LogP contribution in [0.1, 0.15) is 48.2 Å². The zero-order valence-electron chi connectivity index (χ0n) is 17.6. The van der Waals surface area contributed by atoms with Crippen LogP contribution in [0.25, 0.3) is 0 Å². The first-order valence-electron chi connectivity index (χ1n) is 9.63. The Kier molecular flexibility index (Phi) is 9.59. The monoisotopic (exact) mass is 454 g/mol. The van der Waals surface area contributed by atoms with Gasteiger partial charge in [0.2, 0.25) is 11.8 Å². The Morgan fingerprint density at radius 3 is 1.62 bits per heavy atom. The molecule has 0 radical (unpaired) electrons. The highest BCUT2D eigenvalue weighted by molar-refractivity contribution is 7.33. The number of carbonyl (C=O) groups is 2. The molecule has 0 aliphatic rings. The summed E-state index contributed by atoms with van der Waals surface area (Å²) in [7, 11) is -2.82. The summed E-state index contributed by atoms with van der Waals surface area (Å²) in [6, 6.07) is 16.1. The molecule has 0 fully saturated rings. The maximum Gasteiger partial charge on any atom is 0.319 e. The third-order valence-electron chi connectivity index (χ3n) is 4.24. The van der Waals surface area contributed by atoms with E-state index in [0.717, 1.165) is 0 Å². The van der Waals surface area contributed by atoms with Crippen LogP contribution in [0, 0.1) is 22.7 Å². The average Bonchev–Trinajstić information content (AvgIpc) is 2.78. The Morgan fingerprint density at radius 1 is 0.875 bits per heavy atom. The number of hydrogen-bond acceptors (Lipinski definition) is 7. The van der Waals surface area contributed by atoms with E-state index in [-0.39, 0.29) is 25.0 Å². The van der Waals surface area contributed by atoms with Crippen molar-refractivity contribution in [3.05, 3.63) is 70.8 Å². The van der Waals surface area contributed by atoms with Crippen molar-refractivity contribution in [3.8, 4) is 12.1 Å². The van der Waals surface area contributed by atoms with Gasteiger partial charge in [-0.25, -0.2) is 0 Å². The number of amides is 2. The zero-order chi connectivity index (χ0) is 23.5. The molecule has 0 aromatic heterocycles. The van der Waals surface area contributed by atoms with Gasteiger partial charge in [0.1, 0.15) is 12.1 Å². The van der Waals surface area contributed by atoms with Gasteiger partial charge in [-0.2, -0.15) is 10.5 Å². The van der Waals surface area contributed by atoms with Crippen LogP contribution in [0.5, 0.6) is 0 Å². The third kappa shape index (κ3) is 7.98. The SMILES string of the molecule is CC(=O)NC(C#N)c1cccc(CO[PH](=O)OCc2cccc(C(C#N)NC(C)=O)c2)c1. The Balaban J connectivity index is 1.92. The van der Waals surface area contributed by atoms with Crippen LogP contribution in [0.2, 0.25) is 0 Å². The molecule has 0 bridgehead atoms. The van der Waals surface area contributed by atoms with E-state index in [0.29, 0.717) is 22.3 Å². The molecule has 2 amide bonds. The lowest BCUT2D eigenvalue weighted by Gasteiger charge is -2.13. The van der Waals surface area contributed by atoms with Crippen molar-refractivity contribution in [2.24, 2.45) is 0 Å². The van der Waals surface area contributed by atoms with Gasteiger partial charge in [0.15, 0.2) is 0 Å². The first kappa shape index (κ1) is 24.8. The van der Waals surface area contributed by atoms with E-state index in [2.05, 4.69) is 10.6 Å². The second-order valence-electron chi connectivity index (χ2n) is 6.84. The molecule has 9 nitrogen and oxygen atoms in total. The molecule has 2 aromatic carbocycles. The fraction of sp³-hybridized carbons (Fsp3) is 0.273. The molecule has 2 rings (SSSR count). The Bertz CT molecular complexity index is 993. The first-order valence-corrected chi connectivity index (χ1v) is 10.9. The van der Waals surface area contributed by atoms with Gasteiger partial charge in [-0.15, -0.1) is 0 Å². The van der Waals surface area contributed by atoms with Crippen LogP contribution in [0.3, 0.4) is 0 Å². The summed E-state index contributed by atoms with van der Waals surface area (Å²) in [6.45, 7) is 2.67. The number of benzene rings is 2. The van der Waals surface area contributed by atoms with E-state index in [4.69, 9.17) is 9.05 Å². The molecular weight excluding hydrogens is 431 g/mol. The van der Waals surface area contributed by atoms with Crippen LogP contribution in [-0.2, 0) is 36.4 Å². The van der Waals surface area contributed by atoms with Crippen molar-refractivity contribution >= 4 is 20.1 Å². The second kappa shape index (κ2) is 12.4. The van der Waals surface area contributed by atoms with Crippen LogP contribution < -0.4 is 10.6 Å². The van der Waals surface area contributed by atoms with Gasteiger partial charge in [0.05, 0.1) is 25.4 Å². The summed E-state index contributed by atoms with van der Waals surface area (Å²) in [5.41, 5.74) is 2.52. The normalized spacial score (nSPS) is 13.1. The smallest absolute Gasteiger partial charge is 0.319 e. The minimum atomic E-state index is -2.82. The Labute approximate surface area is 186 Å². The Morgan fingerprint density at radius 2 is 1.28 bits per heavy atom. The quantitative estimate of drug-likeness (QED) is 0.525. The highest BCUT2D eigenvalue weighted by Crippen LogP contribution is 2.28. The summed E-state index contributed by atoms with van der Waals surface area (Å²) >= 11 is 0. The molecule has 2 aromatic rings. The third-order valence-corrected chi connectivity index (χ3v) is 5.00. The molecule has 10 heteroatoms. The largest absolute Gasteiger partial charge is 0.337 e. The van der Waals surface area contributed by atoms with Crippen molar-refractivity contribution in [2.75, 3.05) is 0 Å². The first-order chi connectivity index (χ1) is 15.3. The summed E-state index contributed by atoms with van der Waals surface area (Å²) in [6.07, 6.45) is 0. The van der Waals surface area contributed by atoms with Crippen molar-refractivity contribution in [3.63, 3.8) is 0 Å². The molecule has 0 saturated heterocycles. The molecule has 0 heterocycles. The summed E-state index contributed by atoms with van der Waals surface area (Å²) < 4.78 is 22.7. The lowest BCUT2D eigenvalue weighted by molar-refractivity contribution is -0.120. The predicted molar refractivity (Wildman–Crippen MR) is 116 cm³/mol. The molecule has 2 atom stereocenters. The van der Waals surface area contributed by atoms with Crippen molar-refractivity contribution in [2.45, 2.75) is 39.1 Å². The minimum absolute atomic E-state index is 0.00291. The highest BCUT2D eigenvalue weighted by Gasteiger charge is 2.13. The number of nitrogens with one attached hydrogen (secondary N) is 2. The van der Waals surface area contributed by atoms with Crippen molar-refractivity contribution < 1.29 is 23.2 Å². The van der Waals surface area contributed by atoms with E-state index in [1.165, 1.54) is 13.8 Å². The maximum absolute atomic E-state index is 12.2. The van der Waals surface area contributed by atoms with Gasteiger partial charge in [0, 0.05) is 13.8 Å². The molecule has 2 unspecified atom stereocenters.